The molecule has 2 amide bonds. The van der Waals surface area contributed by atoms with E-state index in [0.29, 0.717) is 10.8 Å². The van der Waals surface area contributed by atoms with Crippen LogP contribution in [0.4, 0.5) is 10.5 Å². The molecule has 0 atom stereocenters. The average molecular weight is 228 g/mol. The first-order valence-electron chi connectivity index (χ1n) is 4.53. The molecule has 0 aliphatic heterocycles. The van der Waals surface area contributed by atoms with E-state index in [9.17, 15) is 4.79 Å². The zero-order valence-electron chi connectivity index (χ0n) is 8.99. The Morgan fingerprint density at radius 1 is 1.53 bits per heavy atom. The number of urea groups is 1. The molecule has 2 N–H and O–H groups in total. The van der Waals surface area contributed by atoms with E-state index in [2.05, 4.69) is 4.98 Å². The molecule has 0 spiro atoms. The number of hydrogen-bond donors (Lipinski definition) is 1. The van der Waals surface area contributed by atoms with E-state index in [-0.39, 0.29) is 0 Å². The maximum absolute atomic E-state index is 11.3. The summed E-state index contributed by atoms with van der Waals surface area (Å²) in [5, 5.41) is 0.336. The number of nitrogens with two attached hydrogens (primary N) is 1. The van der Waals surface area contributed by atoms with Gasteiger partial charge in [0.25, 0.3) is 0 Å². The van der Waals surface area contributed by atoms with Crippen LogP contribution in [0.2, 0.25) is 5.15 Å². The summed E-state index contributed by atoms with van der Waals surface area (Å²) in [6, 6.07) is 2.80. The largest absolute Gasteiger partial charge is 0.351 e. The topological polar surface area (TPSA) is 59.2 Å². The zero-order chi connectivity index (χ0) is 11.6. The van der Waals surface area contributed by atoms with Crippen LogP contribution in [-0.2, 0) is 0 Å². The molecule has 0 bridgehead atoms. The number of halogens is 1. The van der Waals surface area contributed by atoms with Crippen molar-refractivity contribution in [3.8, 4) is 0 Å². The van der Waals surface area contributed by atoms with Gasteiger partial charge in [0.1, 0.15) is 5.15 Å². The minimum Gasteiger partial charge on any atom is -0.351 e. The van der Waals surface area contributed by atoms with Crippen molar-refractivity contribution in [1.82, 2.24) is 4.98 Å². The Hall–Kier alpha value is -1.29. The van der Waals surface area contributed by atoms with Gasteiger partial charge in [-0.3, -0.25) is 4.90 Å². The second-order valence-corrected chi connectivity index (χ2v) is 4.57. The lowest BCUT2D eigenvalue weighted by Gasteiger charge is -2.34. The lowest BCUT2D eigenvalue weighted by atomic mass is 10.1. The lowest BCUT2D eigenvalue weighted by molar-refractivity contribution is 0.249. The van der Waals surface area contributed by atoms with Crippen molar-refractivity contribution < 1.29 is 4.79 Å². The van der Waals surface area contributed by atoms with Crippen molar-refractivity contribution in [2.45, 2.75) is 26.3 Å². The van der Waals surface area contributed by atoms with Crippen LogP contribution in [-0.4, -0.2) is 16.6 Å². The summed E-state index contributed by atoms with van der Waals surface area (Å²) in [7, 11) is 0. The fourth-order valence-corrected chi connectivity index (χ4v) is 1.54. The fourth-order valence-electron chi connectivity index (χ4n) is 1.38. The maximum atomic E-state index is 11.3. The van der Waals surface area contributed by atoms with Crippen molar-refractivity contribution in [3.05, 3.63) is 23.5 Å². The second-order valence-electron chi connectivity index (χ2n) is 4.18. The van der Waals surface area contributed by atoms with Crippen LogP contribution in [0, 0.1) is 0 Å². The van der Waals surface area contributed by atoms with Gasteiger partial charge < -0.3 is 5.73 Å². The average Bonchev–Trinajstić information content (AvgIpc) is 1.99. The smallest absolute Gasteiger partial charge is 0.319 e. The number of rotatable bonds is 1. The third kappa shape index (κ3) is 2.83. The van der Waals surface area contributed by atoms with Gasteiger partial charge in [-0.1, -0.05) is 11.6 Å². The molecule has 0 fully saturated rings. The van der Waals surface area contributed by atoms with E-state index < -0.39 is 11.6 Å². The van der Waals surface area contributed by atoms with Gasteiger partial charge in [0.15, 0.2) is 0 Å². The highest BCUT2D eigenvalue weighted by molar-refractivity contribution is 6.29. The van der Waals surface area contributed by atoms with Gasteiger partial charge in [-0.2, -0.15) is 0 Å². The van der Waals surface area contributed by atoms with E-state index >= 15 is 0 Å². The number of amides is 2. The van der Waals surface area contributed by atoms with Gasteiger partial charge >= 0.3 is 6.03 Å². The van der Waals surface area contributed by atoms with E-state index in [1.807, 2.05) is 20.8 Å². The second kappa shape index (κ2) is 4.06. The molecule has 0 saturated carbocycles. The first kappa shape index (κ1) is 11.8. The van der Waals surface area contributed by atoms with Gasteiger partial charge in [-0.15, -0.1) is 0 Å². The number of carbonyl (C=O) groups excluding carboxylic acids is 1. The lowest BCUT2D eigenvalue weighted by Crippen LogP contribution is -2.48. The van der Waals surface area contributed by atoms with Crippen LogP contribution in [0.3, 0.4) is 0 Å². The third-order valence-corrected chi connectivity index (χ3v) is 2.07. The van der Waals surface area contributed by atoms with Crippen LogP contribution in [0.15, 0.2) is 18.3 Å². The summed E-state index contributed by atoms with van der Waals surface area (Å²) in [6.07, 6.45) is 1.54. The van der Waals surface area contributed by atoms with E-state index in [0.717, 1.165) is 0 Å². The molecule has 0 saturated heterocycles. The Balaban J connectivity index is 3.16. The minimum atomic E-state index is -0.509. The van der Waals surface area contributed by atoms with Crippen LogP contribution in [0.1, 0.15) is 20.8 Å². The van der Waals surface area contributed by atoms with Gasteiger partial charge in [-0.25, -0.2) is 9.78 Å². The van der Waals surface area contributed by atoms with Gasteiger partial charge in [0, 0.05) is 11.7 Å². The van der Waals surface area contributed by atoms with Crippen LogP contribution in [0.5, 0.6) is 0 Å². The number of hydrogen-bond acceptors (Lipinski definition) is 2. The molecule has 1 aromatic heterocycles. The third-order valence-electron chi connectivity index (χ3n) is 1.86. The predicted octanol–water partition coefficient (Wildman–Crippen LogP) is 2.42. The molecular weight excluding hydrogens is 214 g/mol. The Morgan fingerprint density at radius 2 is 2.13 bits per heavy atom. The molecule has 82 valence electrons. The molecule has 15 heavy (non-hydrogen) atoms. The monoisotopic (exact) mass is 227 g/mol. The number of nitrogens with zero attached hydrogens (tertiary/aromatic N) is 2. The van der Waals surface area contributed by atoms with Crippen molar-refractivity contribution in [3.63, 3.8) is 0 Å². The van der Waals surface area contributed by atoms with Crippen LogP contribution in [0.25, 0.3) is 0 Å². The molecule has 1 aromatic rings. The highest BCUT2D eigenvalue weighted by Crippen LogP contribution is 2.24. The normalized spacial score (nSPS) is 11.2. The molecule has 0 aliphatic rings. The number of aromatic nitrogens is 1. The first-order chi connectivity index (χ1) is 6.82. The molecule has 0 aliphatic carbocycles. The number of primary amides is 1. The molecule has 4 nitrogen and oxygen atoms in total. The molecule has 0 radical (unpaired) electrons. The highest BCUT2D eigenvalue weighted by atomic mass is 35.5. The summed E-state index contributed by atoms with van der Waals surface area (Å²) >= 11 is 5.75. The SMILES string of the molecule is CC(C)(C)N(C(N)=O)c1ccnc(Cl)c1. The van der Waals surface area contributed by atoms with Gasteiger partial charge in [-0.05, 0) is 32.9 Å². The summed E-state index contributed by atoms with van der Waals surface area (Å²) in [4.78, 5) is 16.7. The molecule has 1 heterocycles. The van der Waals surface area contributed by atoms with Crippen LogP contribution >= 0.6 is 11.6 Å². The van der Waals surface area contributed by atoms with E-state index in [4.69, 9.17) is 17.3 Å². The summed E-state index contributed by atoms with van der Waals surface area (Å²) in [5.74, 6) is 0. The molecular formula is C10H14ClN3O. The van der Waals surface area contributed by atoms with E-state index in [1.165, 1.54) is 4.90 Å². The Kier molecular flexibility index (Phi) is 3.19. The van der Waals surface area contributed by atoms with E-state index in [1.54, 1.807) is 18.3 Å². The van der Waals surface area contributed by atoms with Crippen molar-refractivity contribution in [2.75, 3.05) is 4.90 Å². The minimum absolute atomic E-state index is 0.336. The van der Waals surface area contributed by atoms with Gasteiger partial charge in [0.2, 0.25) is 0 Å². The Bertz CT molecular complexity index is 373. The predicted molar refractivity (Wildman–Crippen MR) is 61.1 cm³/mol. The van der Waals surface area contributed by atoms with Crippen molar-refractivity contribution in [1.29, 1.82) is 0 Å². The number of carbonyl (C=O) groups is 1. The first-order valence-corrected chi connectivity index (χ1v) is 4.91. The quantitative estimate of drug-likeness (QED) is 0.749. The number of anilines is 1. The van der Waals surface area contributed by atoms with Crippen LogP contribution < -0.4 is 10.6 Å². The number of pyridine rings is 1. The maximum Gasteiger partial charge on any atom is 0.319 e. The van der Waals surface area contributed by atoms with Gasteiger partial charge in [0.05, 0.1) is 5.69 Å². The standard InChI is InChI=1S/C10H14ClN3O/c1-10(2,3)14(9(12)15)7-4-5-13-8(11)6-7/h4-6H,1-3H3,(H2,12,15). The molecule has 5 heteroatoms. The summed E-state index contributed by atoms with van der Waals surface area (Å²) < 4.78 is 0. The molecule has 0 aromatic carbocycles. The molecule has 1 rings (SSSR count). The van der Waals surface area contributed by atoms with Crippen molar-refractivity contribution >= 4 is 23.3 Å². The fraction of sp³-hybridized carbons (Fsp3) is 0.400. The van der Waals surface area contributed by atoms with Crippen molar-refractivity contribution in [2.24, 2.45) is 5.73 Å². The summed E-state index contributed by atoms with van der Waals surface area (Å²) in [6.45, 7) is 5.68. The zero-order valence-corrected chi connectivity index (χ0v) is 9.75. The molecule has 0 unspecified atom stereocenters. The Morgan fingerprint density at radius 3 is 2.53 bits per heavy atom. The summed E-state index contributed by atoms with van der Waals surface area (Å²) in [5.41, 5.74) is 5.58. The highest BCUT2D eigenvalue weighted by Gasteiger charge is 2.26. The Labute approximate surface area is 94.0 Å².